The summed E-state index contributed by atoms with van der Waals surface area (Å²) in [6, 6.07) is 13.6. The largest absolute Gasteiger partial charge is 0.497 e. The van der Waals surface area contributed by atoms with Crippen molar-refractivity contribution in [1.82, 2.24) is 15.2 Å². The lowest BCUT2D eigenvalue weighted by molar-refractivity contribution is -0.125. The zero-order chi connectivity index (χ0) is 21.1. The summed E-state index contributed by atoms with van der Waals surface area (Å²) in [5, 5.41) is 9.20. The third-order valence-corrected chi connectivity index (χ3v) is 5.09. The Balaban J connectivity index is 1.33. The molecule has 3 amide bonds. The lowest BCUT2D eigenvalue weighted by Gasteiger charge is -2.14. The van der Waals surface area contributed by atoms with E-state index in [4.69, 9.17) is 4.74 Å². The van der Waals surface area contributed by atoms with Gasteiger partial charge in [-0.25, -0.2) is 0 Å². The van der Waals surface area contributed by atoms with Gasteiger partial charge in [0.25, 0.3) is 5.91 Å². The highest BCUT2D eigenvalue weighted by Crippen LogP contribution is 2.22. The number of hydrogen-bond donors (Lipinski definition) is 3. The summed E-state index contributed by atoms with van der Waals surface area (Å²) < 4.78 is 7.27. The van der Waals surface area contributed by atoms with Crippen LogP contribution in [0, 0.1) is 0 Å². The Morgan fingerprint density at radius 3 is 2.83 bits per heavy atom. The van der Waals surface area contributed by atoms with E-state index in [1.807, 2.05) is 35.0 Å². The van der Waals surface area contributed by atoms with Crippen molar-refractivity contribution in [3.05, 3.63) is 60.3 Å². The highest BCUT2D eigenvalue weighted by atomic mass is 16.5. The van der Waals surface area contributed by atoms with Crippen LogP contribution >= 0.6 is 0 Å². The number of para-hydroxylation sites is 1. The van der Waals surface area contributed by atoms with Crippen LogP contribution < -0.4 is 20.7 Å². The zero-order valence-electron chi connectivity index (χ0n) is 16.5. The highest BCUT2D eigenvalue weighted by molar-refractivity contribution is 6.10. The minimum atomic E-state index is -0.926. The van der Waals surface area contributed by atoms with Gasteiger partial charge in [-0.2, -0.15) is 0 Å². The van der Waals surface area contributed by atoms with E-state index in [0.29, 0.717) is 24.3 Å². The number of nitrogens with one attached hydrogen (secondary N) is 3. The lowest BCUT2D eigenvalue weighted by atomic mass is 10.1. The summed E-state index contributed by atoms with van der Waals surface area (Å²) in [4.78, 5) is 37.1. The molecule has 0 radical (unpaired) electrons. The Hall–Kier alpha value is -3.81. The van der Waals surface area contributed by atoms with Gasteiger partial charge in [-0.3, -0.25) is 14.4 Å². The first-order valence-corrected chi connectivity index (χ1v) is 9.65. The molecule has 1 aromatic heterocycles. The maximum absolute atomic E-state index is 12.4. The van der Waals surface area contributed by atoms with Gasteiger partial charge in [0, 0.05) is 30.2 Å². The summed E-state index contributed by atoms with van der Waals surface area (Å²) in [6.45, 7) is 0.980. The van der Waals surface area contributed by atoms with Gasteiger partial charge in [-0.05, 0) is 36.4 Å². The number of carbonyl (C=O) groups is 3. The van der Waals surface area contributed by atoms with E-state index in [9.17, 15) is 14.4 Å². The van der Waals surface area contributed by atoms with Crippen LogP contribution in [-0.4, -0.2) is 42.0 Å². The Morgan fingerprint density at radius 2 is 2.00 bits per heavy atom. The molecule has 4 rings (SSSR count). The lowest BCUT2D eigenvalue weighted by Crippen LogP contribution is -2.44. The van der Waals surface area contributed by atoms with Crippen LogP contribution in [0.1, 0.15) is 16.8 Å². The van der Waals surface area contributed by atoms with Gasteiger partial charge >= 0.3 is 0 Å². The molecular formula is C22H22N4O4. The molecule has 0 fully saturated rings. The maximum atomic E-state index is 12.4. The molecule has 3 N–H and O–H groups in total. The van der Waals surface area contributed by atoms with Crippen LogP contribution in [-0.2, 0) is 16.1 Å². The molecule has 1 aliphatic heterocycles. The third kappa shape index (κ3) is 3.98. The molecule has 0 saturated heterocycles. The zero-order valence-corrected chi connectivity index (χ0v) is 16.5. The van der Waals surface area contributed by atoms with Crippen LogP contribution in [0.15, 0.2) is 54.7 Å². The molecule has 0 aliphatic carbocycles. The standard InChI is InChI=1S/C22H22N4O4/c1-30-15-6-7-19-14(12-15)8-10-26(19)11-9-23-20(27)13-18-22(29)24-17-5-3-2-4-16(17)21(28)25-18/h2-8,10,12,18H,9,11,13H2,1H3,(H,23,27)(H,24,29)(H,25,28)/t18-/m0/s1. The number of fused-ring (bicyclic) bond motifs is 2. The fraction of sp³-hybridized carbons (Fsp3) is 0.227. The van der Waals surface area contributed by atoms with E-state index in [0.717, 1.165) is 16.7 Å². The quantitative estimate of drug-likeness (QED) is 0.582. The monoisotopic (exact) mass is 406 g/mol. The molecule has 0 bridgehead atoms. The van der Waals surface area contributed by atoms with Crippen LogP contribution in [0.2, 0.25) is 0 Å². The average molecular weight is 406 g/mol. The Bertz CT molecular complexity index is 1120. The number of amides is 3. The van der Waals surface area contributed by atoms with Gasteiger partial charge in [0.05, 0.1) is 24.8 Å². The second kappa shape index (κ2) is 8.28. The Morgan fingerprint density at radius 1 is 1.17 bits per heavy atom. The van der Waals surface area contributed by atoms with Crippen molar-refractivity contribution in [2.75, 3.05) is 19.0 Å². The van der Waals surface area contributed by atoms with E-state index >= 15 is 0 Å². The molecule has 0 spiro atoms. The van der Waals surface area contributed by atoms with Gasteiger partial charge in [0.15, 0.2) is 0 Å². The van der Waals surface area contributed by atoms with Crippen molar-refractivity contribution < 1.29 is 19.1 Å². The summed E-state index contributed by atoms with van der Waals surface area (Å²) in [7, 11) is 1.63. The minimum absolute atomic E-state index is 0.130. The van der Waals surface area contributed by atoms with Crippen molar-refractivity contribution in [3.63, 3.8) is 0 Å². The summed E-state index contributed by atoms with van der Waals surface area (Å²) in [5.41, 5.74) is 1.86. The molecule has 8 nitrogen and oxygen atoms in total. The molecule has 0 unspecified atom stereocenters. The van der Waals surface area contributed by atoms with Crippen molar-refractivity contribution >= 4 is 34.3 Å². The maximum Gasteiger partial charge on any atom is 0.254 e. The van der Waals surface area contributed by atoms with Gasteiger partial charge in [-0.1, -0.05) is 12.1 Å². The van der Waals surface area contributed by atoms with Crippen molar-refractivity contribution in [2.24, 2.45) is 0 Å². The normalized spacial score (nSPS) is 15.7. The summed E-state index contributed by atoms with van der Waals surface area (Å²) in [5.74, 6) is -0.302. The first kappa shape index (κ1) is 19.5. The SMILES string of the molecule is COc1ccc2c(ccn2CCNC(=O)C[C@@H]2NC(=O)c3ccccc3NC2=O)c1. The molecule has 30 heavy (non-hydrogen) atoms. The summed E-state index contributed by atoms with van der Waals surface area (Å²) in [6.07, 6.45) is 1.82. The number of anilines is 1. The number of benzene rings is 2. The molecule has 1 aliphatic rings. The Labute approximate surface area is 173 Å². The van der Waals surface area contributed by atoms with Gasteiger partial charge in [0.2, 0.25) is 11.8 Å². The third-order valence-electron chi connectivity index (χ3n) is 5.09. The number of aromatic nitrogens is 1. The Kier molecular flexibility index (Phi) is 5.38. The van der Waals surface area contributed by atoms with E-state index in [2.05, 4.69) is 16.0 Å². The molecule has 1 atom stereocenters. The smallest absolute Gasteiger partial charge is 0.254 e. The second-order valence-corrected chi connectivity index (χ2v) is 7.05. The fourth-order valence-electron chi connectivity index (χ4n) is 3.53. The van der Waals surface area contributed by atoms with Crippen LogP contribution in [0.25, 0.3) is 10.9 Å². The van der Waals surface area contributed by atoms with E-state index in [1.165, 1.54) is 0 Å². The number of nitrogens with zero attached hydrogens (tertiary/aromatic N) is 1. The molecular weight excluding hydrogens is 384 g/mol. The summed E-state index contributed by atoms with van der Waals surface area (Å²) >= 11 is 0. The second-order valence-electron chi connectivity index (χ2n) is 7.05. The molecule has 0 saturated carbocycles. The molecule has 2 heterocycles. The predicted octanol–water partition coefficient (Wildman–Crippen LogP) is 1.91. The number of carbonyl (C=O) groups excluding carboxylic acids is 3. The molecule has 3 aromatic rings. The number of methoxy groups -OCH3 is 1. The topological polar surface area (TPSA) is 101 Å². The van der Waals surface area contributed by atoms with Crippen LogP contribution in [0.5, 0.6) is 5.75 Å². The number of hydrogen-bond acceptors (Lipinski definition) is 4. The van der Waals surface area contributed by atoms with E-state index in [1.54, 1.807) is 31.4 Å². The van der Waals surface area contributed by atoms with Crippen LogP contribution in [0.3, 0.4) is 0 Å². The fourth-order valence-corrected chi connectivity index (χ4v) is 3.53. The highest BCUT2D eigenvalue weighted by Gasteiger charge is 2.29. The van der Waals surface area contributed by atoms with E-state index < -0.39 is 11.9 Å². The minimum Gasteiger partial charge on any atom is -0.497 e. The van der Waals surface area contributed by atoms with Crippen LogP contribution in [0.4, 0.5) is 5.69 Å². The van der Waals surface area contributed by atoms with Crippen molar-refractivity contribution in [3.8, 4) is 5.75 Å². The molecule has 2 aromatic carbocycles. The predicted molar refractivity (Wildman–Crippen MR) is 112 cm³/mol. The van der Waals surface area contributed by atoms with Gasteiger partial charge in [-0.15, -0.1) is 0 Å². The van der Waals surface area contributed by atoms with Crippen molar-refractivity contribution in [2.45, 2.75) is 19.0 Å². The van der Waals surface area contributed by atoms with Crippen molar-refractivity contribution in [1.29, 1.82) is 0 Å². The average Bonchev–Trinajstić information content (AvgIpc) is 3.10. The molecule has 154 valence electrons. The first-order chi connectivity index (χ1) is 14.5. The molecule has 8 heteroatoms. The number of rotatable bonds is 6. The van der Waals surface area contributed by atoms with E-state index in [-0.39, 0.29) is 18.2 Å². The van der Waals surface area contributed by atoms with Gasteiger partial charge in [0.1, 0.15) is 11.8 Å². The van der Waals surface area contributed by atoms with Gasteiger partial charge < -0.3 is 25.3 Å². The first-order valence-electron chi connectivity index (χ1n) is 9.65. The number of ether oxygens (including phenoxy) is 1.